The van der Waals surface area contributed by atoms with Crippen LogP contribution in [0.3, 0.4) is 0 Å². The van der Waals surface area contributed by atoms with Crippen molar-refractivity contribution in [1.29, 1.82) is 0 Å². The number of nitrogens with one attached hydrogen (secondary N) is 2. The van der Waals surface area contributed by atoms with Crippen molar-refractivity contribution in [2.75, 3.05) is 17.7 Å². The third-order valence-electron chi connectivity index (χ3n) is 6.09. The maximum atomic E-state index is 12.0. The number of nitrogen functional groups attached to an aromatic ring is 1. The molecular weight excluding hydrogens is 376 g/mol. The monoisotopic (exact) mass is 404 g/mol. The number of nitrogens with two attached hydrogens (primary N) is 1. The maximum Gasteiger partial charge on any atom is 0.319 e. The average Bonchev–Trinajstić information content (AvgIpc) is 3.46. The molecule has 30 heavy (non-hydrogen) atoms. The van der Waals surface area contributed by atoms with Crippen molar-refractivity contribution in [2.45, 2.75) is 51.1 Å². The Labute approximate surface area is 176 Å². The van der Waals surface area contributed by atoms with Gasteiger partial charge in [0, 0.05) is 34.8 Å². The number of fused-ring (bicyclic) bond motifs is 1. The Morgan fingerprint density at radius 1 is 1.13 bits per heavy atom. The number of anilines is 2. The lowest BCUT2D eigenvalue weighted by Gasteiger charge is -2.30. The van der Waals surface area contributed by atoms with Crippen LogP contribution >= 0.6 is 0 Å². The van der Waals surface area contributed by atoms with Gasteiger partial charge in [0.2, 0.25) is 0 Å². The summed E-state index contributed by atoms with van der Waals surface area (Å²) in [4.78, 5) is 12.0. The quantitative estimate of drug-likeness (QED) is 0.521. The summed E-state index contributed by atoms with van der Waals surface area (Å²) in [6, 6.07) is 14.8. The molecule has 2 aromatic carbocycles. The zero-order valence-electron chi connectivity index (χ0n) is 17.3. The fourth-order valence-corrected chi connectivity index (χ4v) is 4.18. The van der Waals surface area contributed by atoms with Crippen LogP contribution in [0.4, 0.5) is 16.2 Å². The Balaban J connectivity index is 1.51. The lowest BCUT2D eigenvalue weighted by atomic mass is 9.92. The minimum atomic E-state index is -0.142. The van der Waals surface area contributed by atoms with Crippen molar-refractivity contribution in [3.8, 4) is 17.0 Å². The fraction of sp³-hybridized carbons (Fsp3) is 0.375. The van der Waals surface area contributed by atoms with E-state index >= 15 is 0 Å². The first-order valence-corrected chi connectivity index (χ1v) is 10.9. The second kappa shape index (κ2) is 7.59. The molecule has 6 heteroatoms. The summed E-state index contributed by atoms with van der Waals surface area (Å²) >= 11 is 0. The molecule has 1 heterocycles. The number of rotatable bonds is 6. The van der Waals surface area contributed by atoms with Crippen molar-refractivity contribution in [3.05, 3.63) is 42.5 Å². The first-order chi connectivity index (χ1) is 14.6. The van der Waals surface area contributed by atoms with Crippen LogP contribution in [-0.4, -0.2) is 23.2 Å². The highest BCUT2D eigenvalue weighted by Gasteiger charge is 2.27. The van der Waals surface area contributed by atoms with Crippen LogP contribution in [0.2, 0.25) is 0 Å². The summed E-state index contributed by atoms with van der Waals surface area (Å²) in [5.41, 5.74) is 11.5. The van der Waals surface area contributed by atoms with E-state index in [1.165, 1.54) is 6.42 Å². The zero-order valence-corrected chi connectivity index (χ0v) is 17.3. The largest absolute Gasteiger partial charge is 0.494 e. The minimum Gasteiger partial charge on any atom is -0.494 e. The SMILES string of the molecule is CCOc1ccc2c(N)c(-c3ccc(NC(=O)NC4CC4)cc3)n(C3CCC3)c2c1. The molecule has 2 aliphatic rings. The molecule has 0 saturated heterocycles. The molecule has 1 aromatic heterocycles. The molecular formula is C24H28N4O2. The highest BCUT2D eigenvalue weighted by Crippen LogP contribution is 2.44. The standard InChI is InChI=1S/C24H28N4O2/c1-2-30-19-12-13-20-21(14-19)28(18-4-3-5-18)23(22(20)25)15-6-8-16(9-7-15)26-24(29)27-17-10-11-17/h6-9,12-14,17-18H,2-5,10-11,25H2,1H3,(H2,26,27,29). The van der Waals surface area contributed by atoms with Gasteiger partial charge in [-0.2, -0.15) is 0 Å². The second-order valence-corrected chi connectivity index (χ2v) is 8.28. The molecule has 2 fully saturated rings. The number of aromatic nitrogens is 1. The van der Waals surface area contributed by atoms with Crippen molar-refractivity contribution >= 4 is 28.3 Å². The molecule has 2 aliphatic carbocycles. The molecule has 3 aromatic rings. The van der Waals surface area contributed by atoms with Gasteiger partial charge in [0.15, 0.2) is 0 Å². The number of hydrogen-bond donors (Lipinski definition) is 3. The van der Waals surface area contributed by atoms with E-state index in [9.17, 15) is 4.79 Å². The Morgan fingerprint density at radius 3 is 2.53 bits per heavy atom. The van der Waals surface area contributed by atoms with E-state index in [0.717, 1.165) is 65.0 Å². The number of nitrogens with zero attached hydrogens (tertiary/aromatic N) is 1. The molecule has 0 radical (unpaired) electrons. The first kappa shape index (κ1) is 18.9. The molecule has 5 rings (SSSR count). The number of urea groups is 1. The summed E-state index contributed by atoms with van der Waals surface area (Å²) in [5.74, 6) is 0.871. The van der Waals surface area contributed by atoms with E-state index in [1.807, 2.05) is 37.3 Å². The number of carbonyl (C=O) groups is 1. The van der Waals surface area contributed by atoms with Crippen LogP contribution < -0.4 is 21.1 Å². The number of ether oxygens (including phenoxy) is 1. The minimum absolute atomic E-state index is 0.142. The van der Waals surface area contributed by atoms with Crippen LogP contribution in [0, 0.1) is 0 Å². The summed E-state index contributed by atoms with van der Waals surface area (Å²) in [6.07, 6.45) is 5.71. The lowest BCUT2D eigenvalue weighted by Crippen LogP contribution is -2.30. The van der Waals surface area contributed by atoms with Crippen molar-refractivity contribution < 1.29 is 9.53 Å². The summed E-state index contributed by atoms with van der Waals surface area (Å²) in [5, 5.41) is 6.92. The average molecular weight is 405 g/mol. The molecule has 6 nitrogen and oxygen atoms in total. The van der Waals surface area contributed by atoms with Crippen LogP contribution in [0.15, 0.2) is 42.5 Å². The first-order valence-electron chi connectivity index (χ1n) is 10.9. The Morgan fingerprint density at radius 2 is 1.90 bits per heavy atom. The van der Waals surface area contributed by atoms with Gasteiger partial charge < -0.3 is 25.7 Å². The van der Waals surface area contributed by atoms with Gasteiger partial charge >= 0.3 is 6.03 Å². The molecule has 2 saturated carbocycles. The van der Waals surface area contributed by atoms with Gasteiger partial charge in [0.1, 0.15) is 5.75 Å². The van der Waals surface area contributed by atoms with E-state index in [2.05, 4.69) is 27.3 Å². The summed E-state index contributed by atoms with van der Waals surface area (Å²) in [7, 11) is 0. The van der Waals surface area contributed by atoms with E-state index in [-0.39, 0.29) is 6.03 Å². The normalized spacial score (nSPS) is 16.3. The molecule has 156 valence electrons. The molecule has 2 amide bonds. The van der Waals surface area contributed by atoms with Crippen LogP contribution in [0.25, 0.3) is 22.2 Å². The van der Waals surface area contributed by atoms with E-state index < -0.39 is 0 Å². The molecule has 0 atom stereocenters. The second-order valence-electron chi connectivity index (χ2n) is 8.28. The third-order valence-corrected chi connectivity index (χ3v) is 6.09. The molecule has 0 spiro atoms. The van der Waals surface area contributed by atoms with Crippen LogP contribution in [-0.2, 0) is 0 Å². The highest BCUT2D eigenvalue weighted by atomic mass is 16.5. The molecule has 0 unspecified atom stereocenters. The Hall–Kier alpha value is -3.15. The van der Waals surface area contributed by atoms with Gasteiger partial charge in [-0.15, -0.1) is 0 Å². The number of hydrogen-bond acceptors (Lipinski definition) is 3. The molecule has 0 aliphatic heterocycles. The van der Waals surface area contributed by atoms with Crippen molar-refractivity contribution in [3.63, 3.8) is 0 Å². The lowest BCUT2D eigenvalue weighted by molar-refractivity contribution is 0.251. The maximum absolute atomic E-state index is 12.0. The van der Waals surface area contributed by atoms with Crippen molar-refractivity contribution in [2.24, 2.45) is 0 Å². The van der Waals surface area contributed by atoms with Gasteiger partial charge in [-0.3, -0.25) is 0 Å². The fourth-order valence-electron chi connectivity index (χ4n) is 4.18. The van der Waals surface area contributed by atoms with Gasteiger partial charge in [0.25, 0.3) is 0 Å². The smallest absolute Gasteiger partial charge is 0.319 e. The predicted octanol–water partition coefficient (Wildman–Crippen LogP) is 5.30. The number of carbonyl (C=O) groups excluding carboxylic acids is 1. The topological polar surface area (TPSA) is 81.3 Å². The predicted molar refractivity (Wildman–Crippen MR) is 121 cm³/mol. The summed E-state index contributed by atoms with van der Waals surface area (Å²) < 4.78 is 8.13. The Bertz CT molecular complexity index is 1080. The van der Waals surface area contributed by atoms with E-state index in [0.29, 0.717) is 18.7 Å². The Kier molecular flexibility index (Phi) is 4.77. The summed E-state index contributed by atoms with van der Waals surface area (Å²) in [6.45, 7) is 2.64. The van der Waals surface area contributed by atoms with E-state index in [1.54, 1.807) is 0 Å². The molecule has 0 bridgehead atoms. The number of amides is 2. The van der Waals surface area contributed by atoms with Gasteiger partial charge in [0.05, 0.1) is 23.5 Å². The third kappa shape index (κ3) is 3.47. The number of benzene rings is 2. The van der Waals surface area contributed by atoms with Gasteiger partial charge in [-0.25, -0.2) is 4.79 Å². The van der Waals surface area contributed by atoms with Crippen LogP contribution in [0.5, 0.6) is 5.75 Å². The van der Waals surface area contributed by atoms with Gasteiger partial charge in [-0.05, 0) is 63.3 Å². The van der Waals surface area contributed by atoms with Crippen molar-refractivity contribution in [1.82, 2.24) is 9.88 Å². The van der Waals surface area contributed by atoms with Crippen LogP contribution in [0.1, 0.15) is 45.1 Å². The molecule has 4 N–H and O–H groups in total. The van der Waals surface area contributed by atoms with Gasteiger partial charge in [-0.1, -0.05) is 12.1 Å². The van der Waals surface area contributed by atoms with E-state index in [4.69, 9.17) is 10.5 Å². The zero-order chi connectivity index (χ0) is 20.7. The highest BCUT2D eigenvalue weighted by molar-refractivity contribution is 6.02.